The summed E-state index contributed by atoms with van der Waals surface area (Å²) in [6.07, 6.45) is 0. The summed E-state index contributed by atoms with van der Waals surface area (Å²) in [6, 6.07) is 10.1. The number of methoxy groups -OCH3 is 3. The molecule has 0 aromatic heterocycles. The van der Waals surface area contributed by atoms with Crippen molar-refractivity contribution in [1.82, 2.24) is 14.5 Å². The third-order valence-corrected chi connectivity index (χ3v) is 7.54. The Hall–Kier alpha value is -2.82. The largest absolute Gasteiger partial charge is 0.493 e. The van der Waals surface area contributed by atoms with Crippen LogP contribution >= 0.6 is 0 Å². The number of nitrogens with zero attached hydrogens (tertiary/aromatic N) is 2. The van der Waals surface area contributed by atoms with Crippen molar-refractivity contribution in [3.05, 3.63) is 47.5 Å². The zero-order valence-corrected chi connectivity index (χ0v) is 20.3. The molecule has 0 bridgehead atoms. The fourth-order valence-corrected chi connectivity index (χ4v) is 5.12. The van der Waals surface area contributed by atoms with Crippen molar-refractivity contribution in [2.45, 2.75) is 11.8 Å². The van der Waals surface area contributed by atoms with E-state index in [0.717, 1.165) is 5.56 Å². The summed E-state index contributed by atoms with van der Waals surface area (Å²) in [6.45, 7) is 5.01. The van der Waals surface area contributed by atoms with Crippen LogP contribution in [0.2, 0.25) is 0 Å². The molecule has 3 rings (SSSR count). The SMILES string of the molecule is COc1cc(C(=O)NCCN2CCN(S(=O)(=O)c3ccc(C)cc3)CC2)cc(OC)c1OC. The van der Waals surface area contributed by atoms with Crippen LogP contribution < -0.4 is 19.5 Å². The van der Waals surface area contributed by atoms with Crippen LogP contribution in [0.3, 0.4) is 0 Å². The number of nitrogens with one attached hydrogen (secondary N) is 1. The summed E-state index contributed by atoms with van der Waals surface area (Å²) in [4.78, 5) is 15.1. The predicted molar refractivity (Wildman–Crippen MR) is 125 cm³/mol. The topological polar surface area (TPSA) is 97.4 Å². The Balaban J connectivity index is 1.51. The number of piperazine rings is 1. The fourth-order valence-electron chi connectivity index (χ4n) is 3.69. The molecule has 1 fully saturated rings. The van der Waals surface area contributed by atoms with Crippen LogP contribution in [0.5, 0.6) is 17.2 Å². The summed E-state index contributed by atoms with van der Waals surface area (Å²) in [5.74, 6) is 0.991. The maximum atomic E-state index is 12.8. The Kier molecular flexibility index (Phi) is 8.17. The van der Waals surface area contributed by atoms with Gasteiger partial charge in [0.1, 0.15) is 0 Å². The average Bonchev–Trinajstić information content (AvgIpc) is 2.83. The molecule has 1 saturated heterocycles. The zero-order valence-electron chi connectivity index (χ0n) is 19.5. The van der Waals surface area contributed by atoms with Gasteiger partial charge in [-0.3, -0.25) is 9.69 Å². The number of benzene rings is 2. The van der Waals surface area contributed by atoms with Crippen LogP contribution in [-0.4, -0.2) is 84.1 Å². The normalized spacial score (nSPS) is 15.2. The monoisotopic (exact) mass is 477 g/mol. The first-order valence-corrected chi connectivity index (χ1v) is 12.1. The Morgan fingerprint density at radius 2 is 1.52 bits per heavy atom. The van der Waals surface area contributed by atoms with Gasteiger partial charge in [0.15, 0.2) is 11.5 Å². The van der Waals surface area contributed by atoms with Crippen molar-refractivity contribution >= 4 is 15.9 Å². The van der Waals surface area contributed by atoms with Gasteiger partial charge in [-0.15, -0.1) is 0 Å². The molecule has 1 N–H and O–H groups in total. The van der Waals surface area contributed by atoms with Gasteiger partial charge >= 0.3 is 0 Å². The fraction of sp³-hybridized carbons (Fsp3) is 0.435. The van der Waals surface area contributed by atoms with Crippen LogP contribution in [0.4, 0.5) is 0 Å². The van der Waals surface area contributed by atoms with Gasteiger partial charge in [0.2, 0.25) is 15.8 Å². The Labute approximate surface area is 195 Å². The van der Waals surface area contributed by atoms with Crippen molar-refractivity contribution in [2.24, 2.45) is 0 Å². The first-order chi connectivity index (χ1) is 15.8. The lowest BCUT2D eigenvalue weighted by atomic mass is 10.1. The second-order valence-electron chi connectivity index (χ2n) is 7.73. The number of sulfonamides is 1. The van der Waals surface area contributed by atoms with E-state index in [9.17, 15) is 13.2 Å². The molecule has 180 valence electrons. The van der Waals surface area contributed by atoms with E-state index in [1.807, 2.05) is 6.92 Å². The second kappa shape index (κ2) is 10.9. The summed E-state index contributed by atoms with van der Waals surface area (Å²) in [7, 11) is 1.01. The van der Waals surface area contributed by atoms with Crippen LogP contribution in [-0.2, 0) is 10.0 Å². The molecule has 2 aromatic carbocycles. The quantitative estimate of drug-likeness (QED) is 0.588. The van der Waals surface area contributed by atoms with Crippen LogP contribution in [0.1, 0.15) is 15.9 Å². The molecular weight excluding hydrogens is 446 g/mol. The van der Waals surface area contributed by atoms with E-state index in [4.69, 9.17) is 14.2 Å². The highest BCUT2D eigenvalue weighted by Crippen LogP contribution is 2.38. The lowest BCUT2D eigenvalue weighted by molar-refractivity contribution is 0.0944. The first-order valence-electron chi connectivity index (χ1n) is 10.7. The lowest BCUT2D eigenvalue weighted by Gasteiger charge is -2.34. The number of hydrogen-bond acceptors (Lipinski definition) is 7. The lowest BCUT2D eigenvalue weighted by Crippen LogP contribution is -2.50. The third-order valence-electron chi connectivity index (χ3n) is 5.63. The van der Waals surface area contributed by atoms with Crippen molar-refractivity contribution in [3.8, 4) is 17.2 Å². The molecule has 0 aliphatic carbocycles. The van der Waals surface area contributed by atoms with Crippen molar-refractivity contribution < 1.29 is 27.4 Å². The number of carbonyl (C=O) groups excluding carboxylic acids is 1. The zero-order chi connectivity index (χ0) is 24.0. The summed E-state index contributed by atoms with van der Waals surface area (Å²) in [5, 5.41) is 2.89. The van der Waals surface area contributed by atoms with Crippen molar-refractivity contribution in [3.63, 3.8) is 0 Å². The molecular formula is C23H31N3O6S. The van der Waals surface area contributed by atoms with E-state index in [1.165, 1.54) is 25.6 Å². The van der Waals surface area contributed by atoms with Crippen LogP contribution in [0.15, 0.2) is 41.3 Å². The van der Waals surface area contributed by atoms with Gasteiger partial charge in [0, 0.05) is 44.8 Å². The van der Waals surface area contributed by atoms with Crippen LogP contribution in [0, 0.1) is 6.92 Å². The van der Waals surface area contributed by atoms with E-state index >= 15 is 0 Å². The highest BCUT2D eigenvalue weighted by atomic mass is 32.2. The molecule has 1 aliphatic heterocycles. The molecule has 1 amide bonds. The van der Waals surface area contributed by atoms with Gasteiger partial charge in [0.05, 0.1) is 26.2 Å². The number of rotatable bonds is 9. The summed E-state index contributed by atoms with van der Waals surface area (Å²) >= 11 is 0. The van der Waals surface area contributed by atoms with Gasteiger partial charge in [0.25, 0.3) is 5.91 Å². The Bertz CT molecular complexity index is 1040. The molecule has 0 atom stereocenters. The molecule has 0 saturated carbocycles. The number of carbonyl (C=O) groups is 1. The predicted octanol–water partition coefficient (Wildman–Crippen LogP) is 1.76. The molecule has 1 aliphatic rings. The van der Waals surface area contributed by atoms with E-state index < -0.39 is 10.0 Å². The molecule has 1 heterocycles. The highest BCUT2D eigenvalue weighted by molar-refractivity contribution is 7.89. The van der Waals surface area contributed by atoms with E-state index in [1.54, 1.807) is 36.4 Å². The van der Waals surface area contributed by atoms with E-state index in [-0.39, 0.29) is 5.91 Å². The number of ether oxygens (including phenoxy) is 3. The molecule has 0 radical (unpaired) electrons. The summed E-state index contributed by atoms with van der Waals surface area (Å²) in [5.41, 5.74) is 1.42. The molecule has 2 aromatic rings. The third kappa shape index (κ3) is 5.76. The standard InChI is InChI=1S/C23H31N3O6S/c1-17-5-7-19(8-6-17)33(28,29)26-13-11-25(12-14-26)10-9-24-23(27)18-15-20(30-2)22(32-4)21(16-18)31-3/h5-8,15-16H,9-14H2,1-4H3,(H,24,27). The smallest absolute Gasteiger partial charge is 0.251 e. The maximum Gasteiger partial charge on any atom is 0.251 e. The van der Waals surface area contributed by atoms with Crippen molar-refractivity contribution in [2.75, 3.05) is 60.6 Å². The minimum absolute atomic E-state index is 0.255. The van der Waals surface area contributed by atoms with Gasteiger partial charge < -0.3 is 19.5 Å². The van der Waals surface area contributed by atoms with Gasteiger partial charge in [-0.2, -0.15) is 4.31 Å². The Morgan fingerprint density at radius 1 is 0.939 bits per heavy atom. The minimum atomic E-state index is -3.49. The number of aryl methyl sites for hydroxylation is 1. The number of amides is 1. The molecule has 0 unspecified atom stereocenters. The number of hydrogen-bond donors (Lipinski definition) is 1. The van der Waals surface area contributed by atoms with E-state index in [2.05, 4.69) is 10.2 Å². The molecule has 33 heavy (non-hydrogen) atoms. The molecule has 10 heteroatoms. The minimum Gasteiger partial charge on any atom is -0.493 e. The second-order valence-corrected chi connectivity index (χ2v) is 9.67. The van der Waals surface area contributed by atoms with Gasteiger partial charge in [-0.05, 0) is 31.2 Å². The van der Waals surface area contributed by atoms with Crippen LogP contribution in [0.25, 0.3) is 0 Å². The first kappa shape index (κ1) is 24.8. The molecule has 9 nitrogen and oxygen atoms in total. The van der Waals surface area contributed by atoms with Gasteiger partial charge in [-0.1, -0.05) is 17.7 Å². The van der Waals surface area contributed by atoms with E-state index in [0.29, 0.717) is 67.0 Å². The maximum absolute atomic E-state index is 12.8. The summed E-state index contributed by atoms with van der Waals surface area (Å²) < 4.78 is 43.1. The highest BCUT2D eigenvalue weighted by Gasteiger charge is 2.28. The van der Waals surface area contributed by atoms with Gasteiger partial charge in [-0.25, -0.2) is 8.42 Å². The Morgan fingerprint density at radius 3 is 2.03 bits per heavy atom. The van der Waals surface area contributed by atoms with Crippen molar-refractivity contribution in [1.29, 1.82) is 0 Å². The molecule has 0 spiro atoms. The average molecular weight is 478 g/mol.